The molecule has 7 heteroatoms. The highest BCUT2D eigenvalue weighted by molar-refractivity contribution is 5.90. The summed E-state index contributed by atoms with van der Waals surface area (Å²) in [4.78, 5) is 34.8. The van der Waals surface area contributed by atoms with Crippen LogP contribution >= 0.6 is 0 Å². The molecule has 3 unspecified atom stereocenters. The van der Waals surface area contributed by atoms with Crippen molar-refractivity contribution in [2.45, 2.75) is 64.8 Å². The van der Waals surface area contributed by atoms with Gasteiger partial charge in [-0.3, -0.25) is 4.79 Å². The van der Waals surface area contributed by atoms with Gasteiger partial charge in [0, 0.05) is 28.4 Å². The third kappa shape index (κ3) is 9.22. The predicted molar refractivity (Wildman–Crippen MR) is 195 cm³/mol. The number of carbonyl (C=O) groups excluding carboxylic acids is 2. The number of hydrogen-bond acceptors (Lipinski definition) is 4. The SMILES string of the molecule is CCCCOC(=O)C(CC(CC)NC(=O)Nc1ccc(-c2nc(-c3ccccc3)c(-c3ccccc3)[nH]2)cc1)CC(C)c1ccccc1. The molecule has 7 nitrogen and oxygen atoms in total. The molecule has 0 fully saturated rings. The van der Waals surface area contributed by atoms with Crippen molar-refractivity contribution in [3.8, 4) is 33.9 Å². The molecule has 5 rings (SSSR count). The van der Waals surface area contributed by atoms with Crippen molar-refractivity contribution < 1.29 is 14.3 Å². The number of unbranched alkanes of at least 4 members (excludes halogenated alkanes) is 1. The van der Waals surface area contributed by atoms with Crippen LogP contribution in [0.5, 0.6) is 0 Å². The maximum atomic E-state index is 13.2. The number of aromatic nitrogens is 2. The third-order valence-electron chi connectivity index (χ3n) is 8.71. The van der Waals surface area contributed by atoms with Crippen molar-refractivity contribution in [1.82, 2.24) is 15.3 Å². The topological polar surface area (TPSA) is 96.1 Å². The molecular formula is C41H46N4O3. The Bertz CT molecular complexity index is 1660. The molecule has 0 spiro atoms. The quantitative estimate of drug-likeness (QED) is 0.0782. The number of nitrogens with one attached hydrogen (secondary N) is 3. The summed E-state index contributed by atoms with van der Waals surface area (Å²) in [5.74, 6) is 0.417. The minimum atomic E-state index is -0.323. The van der Waals surface area contributed by atoms with E-state index in [0.717, 1.165) is 46.7 Å². The van der Waals surface area contributed by atoms with E-state index in [0.29, 0.717) is 31.6 Å². The average molecular weight is 643 g/mol. The molecule has 3 N–H and O–H groups in total. The summed E-state index contributed by atoms with van der Waals surface area (Å²) in [6.45, 7) is 6.66. The molecule has 0 radical (unpaired) electrons. The molecule has 2 amide bonds. The number of esters is 1. The van der Waals surface area contributed by atoms with Gasteiger partial charge in [0.15, 0.2) is 0 Å². The van der Waals surface area contributed by atoms with E-state index in [1.807, 2.05) is 85.8 Å². The van der Waals surface area contributed by atoms with Crippen LogP contribution in [0, 0.1) is 5.92 Å². The van der Waals surface area contributed by atoms with Crippen LogP contribution in [0.25, 0.3) is 33.9 Å². The number of amides is 2. The standard InChI is InChI=1S/C41H46N4O3/c1-4-6-26-48-40(46)34(27-29(3)30-16-10-7-11-17-30)28-35(5-2)42-41(47)43-36-24-22-33(23-25-36)39-44-37(31-18-12-8-13-19-31)38(45-39)32-20-14-9-15-21-32/h7-25,29,34-35H,4-6,26-28H2,1-3H3,(H,44,45)(H2,42,43,47). The van der Waals surface area contributed by atoms with Gasteiger partial charge in [0.05, 0.1) is 23.9 Å². The fourth-order valence-electron chi connectivity index (χ4n) is 5.93. The van der Waals surface area contributed by atoms with Gasteiger partial charge in [0.1, 0.15) is 5.82 Å². The predicted octanol–water partition coefficient (Wildman–Crippen LogP) is 9.85. The van der Waals surface area contributed by atoms with Crippen LogP contribution in [0.3, 0.4) is 0 Å². The Morgan fingerprint density at radius 2 is 1.40 bits per heavy atom. The molecule has 248 valence electrons. The summed E-state index contributed by atoms with van der Waals surface area (Å²) < 4.78 is 5.66. The molecule has 5 aromatic rings. The summed E-state index contributed by atoms with van der Waals surface area (Å²) in [6, 6.07) is 37.7. The third-order valence-corrected chi connectivity index (χ3v) is 8.71. The first-order valence-corrected chi connectivity index (χ1v) is 17.1. The minimum Gasteiger partial charge on any atom is -0.465 e. The molecule has 0 saturated carbocycles. The van der Waals surface area contributed by atoms with E-state index < -0.39 is 0 Å². The van der Waals surface area contributed by atoms with Crippen LogP contribution in [-0.2, 0) is 9.53 Å². The van der Waals surface area contributed by atoms with Gasteiger partial charge in [-0.15, -0.1) is 0 Å². The maximum Gasteiger partial charge on any atom is 0.319 e. The number of urea groups is 1. The number of rotatable bonds is 15. The van der Waals surface area contributed by atoms with Crippen molar-refractivity contribution >= 4 is 17.7 Å². The zero-order valence-electron chi connectivity index (χ0n) is 28.1. The Morgan fingerprint density at radius 1 is 0.771 bits per heavy atom. The van der Waals surface area contributed by atoms with E-state index >= 15 is 0 Å². The number of benzene rings is 4. The van der Waals surface area contributed by atoms with Crippen molar-refractivity contribution in [3.63, 3.8) is 0 Å². The van der Waals surface area contributed by atoms with E-state index in [2.05, 4.69) is 65.9 Å². The number of H-pyrrole nitrogens is 1. The number of aromatic amines is 1. The second-order valence-electron chi connectivity index (χ2n) is 12.3. The number of hydrogen-bond donors (Lipinski definition) is 3. The molecule has 0 bridgehead atoms. The fraction of sp³-hybridized carbons (Fsp3) is 0.293. The molecule has 1 aromatic heterocycles. The Balaban J connectivity index is 1.25. The van der Waals surface area contributed by atoms with E-state index in [1.54, 1.807) is 0 Å². The van der Waals surface area contributed by atoms with Crippen molar-refractivity contribution in [1.29, 1.82) is 0 Å². The first kappa shape index (κ1) is 34.2. The molecule has 0 aliphatic carbocycles. The maximum absolute atomic E-state index is 13.2. The van der Waals surface area contributed by atoms with Crippen molar-refractivity contribution in [2.75, 3.05) is 11.9 Å². The van der Waals surface area contributed by atoms with Gasteiger partial charge in [-0.05, 0) is 61.4 Å². The fourth-order valence-corrected chi connectivity index (χ4v) is 5.93. The highest BCUT2D eigenvalue weighted by atomic mass is 16.5. The van der Waals surface area contributed by atoms with E-state index in [-0.39, 0.29) is 29.9 Å². The highest BCUT2D eigenvalue weighted by Gasteiger charge is 2.27. The first-order chi connectivity index (χ1) is 23.4. The summed E-state index contributed by atoms with van der Waals surface area (Å²) in [6.07, 6.45) is 3.66. The Kier molecular flexibility index (Phi) is 12.2. The van der Waals surface area contributed by atoms with Crippen LogP contribution < -0.4 is 10.6 Å². The lowest BCUT2D eigenvalue weighted by molar-refractivity contribution is -0.149. The average Bonchev–Trinajstić information content (AvgIpc) is 3.58. The number of imidazole rings is 1. The molecular weight excluding hydrogens is 596 g/mol. The monoisotopic (exact) mass is 642 g/mol. The molecule has 0 aliphatic heterocycles. The molecule has 4 aromatic carbocycles. The molecule has 0 saturated heterocycles. The largest absolute Gasteiger partial charge is 0.465 e. The Hall–Kier alpha value is -5.17. The van der Waals surface area contributed by atoms with Gasteiger partial charge in [-0.2, -0.15) is 0 Å². The van der Waals surface area contributed by atoms with E-state index in [4.69, 9.17) is 9.72 Å². The second-order valence-corrected chi connectivity index (χ2v) is 12.3. The molecule has 48 heavy (non-hydrogen) atoms. The Morgan fingerprint density at radius 3 is 2.02 bits per heavy atom. The van der Waals surface area contributed by atoms with Gasteiger partial charge >= 0.3 is 12.0 Å². The first-order valence-electron chi connectivity index (χ1n) is 17.1. The summed E-state index contributed by atoms with van der Waals surface area (Å²) in [5, 5.41) is 6.07. The highest BCUT2D eigenvalue weighted by Crippen LogP contribution is 2.33. The van der Waals surface area contributed by atoms with Crippen molar-refractivity contribution in [2.24, 2.45) is 5.92 Å². The molecule has 0 aliphatic rings. The second kappa shape index (κ2) is 17.1. The van der Waals surface area contributed by atoms with Crippen LogP contribution in [-0.4, -0.2) is 34.6 Å². The Labute approximate surface area is 284 Å². The summed E-state index contributed by atoms with van der Waals surface area (Å²) in [5.41, 5.74) is 6.69. The normalized spacial score (nSPS) is 12.9. The van der Waals surface area contributed by atoms with Gasteiger partial charge < -0.3 is 20.4 Å². The summed E-state index contributed by atoms with van der Waals surface area (Å²) >= 11 is 0. The van der Waals surface area contributed by atoms with Gasteiger partial charge in [0.2, 0.25) is 0 Å². The van der Waals surface area contributed by atoms with Crippen LogP contribution in [0.2, 0.25) is 0 Å². The van der Waals surface area contributed by atoms with Gasteiger partial charge in [-0.1, -0.05) is 118 Å². The zero-order chi connectivity index (χ0) is 33.7. The van der Waals surface area contributed by atoms with Crippen LogP contribution in [0.4, 0.5) is 10.5 Å². The number of ether oxygens (including phenoxy) is 1. The lowest BCUT2D eigenvalue weighted by Crippen LogP contribution is -2.40. The van der Waals surface area contributed by atoms with E-state index in [1.165, 1.54) is 5.56 Å². The smallest absolute Gasteiger partial charge is 0.319 e. The molecule has 3 atom stereocenters. The lowest BCUT2D eigenvalue weighted by atomic mass is 9.86. The minimum absolute atomic E-state index is 0.182. The summed E-state index contributed by atoms with van der Waals surface area (Å²) in [7, 11) is 0. The lowest BCUT2D eigenvalue weighted by Gasteiger charge is -2.25. The zero-order valence-corrected chi connectivity index (χ0v) is 28.1. The number of nitrogens with zero attached hydrogens (tertiary/aromatic N) is 1. The van der Waals surface area contributed by atoms with Gasteiger partial charge in [0.25, 0.3) is 0 Å². The van der Waals surface area contributed by atoms with Crippen LogP contribution in [0.15, 0.2) is 115 Å². The number of carbonyl (C=O) groups is 2. The van der Waals surface area contributed by atoms with E-state index in [9.17, 15) is 9.59 Å². The number of anilines is 1. The van der Waals surface area contributed by atoms with Crippen molar-refractivity contribution in [3.05, 3.63) is 121 Å². The van der Waals surface area contributed by atoms with Crippen LogP contribution in [0.1, 0.15) is 64.4 Å². The van der Waals surface area contributed by atoms with Gasteiger partial charge in [-0.25, -0.2) is 9.78 Å². The molecule has 1 heterocycles.